The molecule has 0 atom stereocenters. The Hall–Kier alpha value is -1.37. The lowest BCUT2D eigenvalue weighted by Crippen LogP contribution is -2.07. The van der Waals surface area contributed by atoms with Gasteiger partial charge in [-0.2, -0.15) is 0 Å². The summed E-state index contributed by atoms with van der Waals surface area (Å²) in [4.78, 5) is 4.61. The molecule has 1 saturated carbocycles. The SMILES string of the molecule is [2H]C([2H])([2H])C1=CC=C(c2cc(C)c(C3([2H])CCCCC3)cn2)CC1. The van der Waals surface area contributed by atoms with Crippen molar-refractivity contribution in [1.82, 2.24) is 4.98 Å². The molecule has 2 aliphatic rings. The molecule has 0 N–H and O–H groups in total. The number of aryl methyl sites for hydroxylation is 1. The first kappa shape index (κ1) is 9.55. The Morgan fingerprint density at radius 2 is 2.05 bits per heavy atom. The van der Waals surface area contributed by atoms with Crippen LogP contribution in [0.4, 0.5) is 0 Å². The number of allylic oxidation sites excluding steroid dienone is 4. The molecule has 3 rings (SSSR count). The summed E-state index contributed by atoms with van der Waals surface area (Å²) in [6, 6.07) is 2.07. The van der Waals surface area contributed by atoms with E-state index in [0.717, 1.165) is 48.1 Å². The molecule has 0 aromatic carbocycles. The van der Waals surface area contributed by atoms with E-state index in [0.29, 0.717) is 18.4 Å². The smallest absolute Gasteiger partial charge is 0.0664 e. The van der Waals surface area contributed by atoms with Crippen molar-refractivity contribution in [3.8, 4) is 0 Å². The lowest BCUT2D eigenvalue weighted by atomic mass is 9.83. The van der Waals surface area contributed by atoms with E-state index in [1.807, 2.05) is 12.3 Å². The first-order valence-electron chi connectivity index (χ1n) is 9.67. The van der Waals surface area contributed by atoms with Gasteiger partial charge in [0, 0.05) is 11.7 Å². The van der Waals surface area contributed by atoms with Gasteiger partial charge in [0.05, 0.1) is 5.69 Å². The van der Waals surface area contributed by atoms with Crippen LogP contribution in [0.2, 0.25) is 0 Å². The summed E-state index contributed by atoms with van der Waals surface area (Å²) in [5.74, 6) is -0.483. The van der Waals surface area contributed by atoms with Gasteiger partial charge in [-0.1, -0.05) is 37.0 Å². The molecular formula is C19H25N. The van der Waals surface area contributed by atoms with Crippen LogP contribution in [0.15, 0.2) is 30.0 Å². The van der Waals surface area contributed by atoms with Crippen LogP contribution in [0, 0.1) is 6.92 Å². The topological polar surface area (TPSA) is 12.9 Å². The normalized spacial score (nSPS) is 25.6. The van der Waals surface area contributed by atoms with Gasteiger partial charge in [-0.15, -0.1) is 0 Å². The van der Waals surface area contributed by atoms with Crippen LogP contribution in [-0.2, 0) is 0 Å². The largest absolute Gasteiger partial charge is 0.256 e. The molecule has 0 saturated heterocycles. The standard InChI is InChI=1S/C19H25N/c1-14-8-10-17(11-9-14)19-12-15(2)18(13-20-19)16-6-4-3-5-7-16/h8,10,12-13,16H,3-7,9,11H2,1-2H3/i1D3,16D. The molecule has 1 nitrogen and oxygen atoms in total. The molecule has 1 heteroatoms. The zero-order valence-corrected chi connectivity index (χ0v) is 12.2. The molecule has 2 aliphatic carbocycles. The fraction of sp³-hybridized carbons (Fsp3) is 0.526. The fourth-order valence-corrected chi connectivity index (χ4v) is 3.20. The van der Waals surface area contributed by atoms with Gasteiger partial charge in [-0.05, 0) is 68.1 Å². The summed E-state index contributed by atoms with van der Waals surface area (Å²) in [6.07, 6.45) is 12.1. The number of rotatable bonds is 2. The predicted octanol–water partition coefficient (Wildman–Crippen LogP) is 5.56. The maximum atomic E-state index is 8.79. The Morgan fingerprint density at radius 1 is 1.20 bits per heavy atom. The molecule has 0 unspecified atom stereocenters. The molecule has 1 aromatic heterocycles. The zero-order chi connectivity index (χ0) is 17.4. The van der Waals surface area contributed by atoms with Crippen LogP contribution in [0.25, 0.3) is 5.57 Å². The van der Waals surface area contributed by atoms with Crippen molar-refractivity contribution in [3.63, 3.8) is 0 Å². The Balaban J connectivity index is 1.86. The molecule has 0 amide bonds. The first-order valence-corrected chi connectivity index (χ1v) is 7.67. The molecular weight excluding hydrogens is 242 g/mol. The molecule has 0 radical (unpaired) electrons. The lowest BCUT2D eigenvalue weighted by molar-refractivity contribution is 0.441. The second-order valence-corrected chi connectivity index (χ2v) is 5.93. The van der Waals surface area contributed by atoms with Crippen molar-refractivity contribution in [2.75, 3.05) is 0 Å². The highest BCUT2D eigenvalue weighted by atomic mass is 14.7. The Bertz CT molecular complexity index is 679. The third-order valence-corrected chi connectivity index (χ3v) is 4.43. The molecule has 0 spiro atoms. The van der Waals surface area contributed by atoms with E-state index in [2.05, 4.69) is 18.0 Å². The summed E-state index contributed by atoms with van der Waals surface area (Å²) in [6.45, 7) is 0.0757. The maximum Gasteiger partial charge on any atom is 0.0664 e. The molecule has 1 heterocycles. The van der Waals surface area contributed by atoms with E-state index in [9.17, 15) is 0 Å². The summed E-state index contributed by atoms with van der Waals surface area (Å²) < 4.78 is 31.3. The average molecular weight is 271 g/mol. The van der Waals surface area contributed by atoms with Crippen molar-refractivity contribution < 1.29 is 5.48 Å². The van der Waals surface area contributed by atoms with Gasteiger partial charge in [0.15, 0.2) is 0 Å². The van der Waals surface area contributed by atoms with Crippen LogP contribution in [-0.4, -0.2) is 4.98 Å². The van der Waals surface area contributed by atoms with Crippen molar-refractivity contribution in [2.45, 2.75) is 64.6 Å². The van der Waals surface area contributed by atoms with E-state index in [4.69, 9.17) is 5.48 Å². The minimum absolute atomic E-state index is 0.483. The van der Waals surface area contributed by atoms with Gasteiger partial charge in [-0.25, -0.2) is 0 Å². The fourth-order valence-electron chi connectivity index (χ4n) is 3.20. The summed E-state index contributed by atoms with van der Waals surface area (Å²) in [7, 11) is 0. The highest BCUT2D eigenvalue weighted by Crippen LogP contribution is 2.35. The van der Waals surface area contributed by atoms with E-state index in [1.165, 1.54) is 6.42 Å². The minimum Gasteiger partial charge on any atom is -0.256 e. The molecule has 1 aromatic rings. The van der Waals surface area contributed by atoms with Crippen LogP contribution in [0.3, 0.4) is 0 Å². The zero-order valence-electron chi connectivity index (χ0n) is 16.2. The van der Waals surface area contributed by atoms with Crippen molar-refractivity contribution in [1.29, 1.82) is 0 Å². The molecule has 1 fully saturated rings. The van der Waals surface area contributed by atoms with Gasteiger partial charge in [0.1, 0.15) is 0 Å². The Kier molecular flexibility index (Phi) is 2.84. The second kappa shape index (κ2) is 5.95. The number of nitrogens with zero attached hydrogens (tertiary/aromatic N) is 1. The lowest BCUT2D eigenvalue weighted by Gasteiger charge is -2.23. The monoisotopic (exact) mass is 271 g/mol. The van der Waals surface area contributed by atoms with Gasteiger partial charge in [-0.3, -0.25) is 4.98 Å². The van der Waals surface area contributed by atoms with E-state index >= 15 is 0 Å². The molecule has 0 bridgehead atoms. The number of hydrogen-bond acceptors (Lipinski definition) is 1. The summed E-state index contributed by atoms with van der Waals surface area (Å²) in [5, 5.41) is 0. The molecule has 106 valence electrons. The Labute approximate surface area is 128 Å². The highest BCUT2D eigenvalue weighted by Gasteiger charge is 2.18. The Morgan fingerprint density at radius 3 is 2.70 bits per heavy atom. The van der Waals surface area contributed by atoms with Crippen LogP contribution in [0.1, 0.15) is 80.0 Å². The minimum atomic E-state index is -1.99. The number of pyridine rings is 1. The first-order chi connectivity index (χ1) is 11.3. The van der Waals surface area contributed by atoms with Crippen LogP contribution >= 0.6 is 0 Å². The van der Waals surface area contributed by atoms with E-state index in [-0.39, 0.29) is 0 Å². The van der Waals surface area contributed by atoms with Crippen molar-refractivity contribution in [3.05, 3.63) is 46.8 Å². The van der Waals surface area contributed by atoms with E-state index in [1.54, 1.807) is 6.08 Å². The van der Waals surface area contributed by atoms with Gasteiger partial charge in [0.2, 0.25) is 0 Å². The van der Waals surface area contributed by atoms with Crippen LogP contribution in [0.5, 0.6) is 0 Å². The summed E-state index contributed by atoms with van der Waals surface area (Å²) in [5.41, 5.74) is 4.70. The number of aromatic nitrogens is 1. The second-order valence-electron chi connectivity index (χ2n) is 5.93. The maximum absolute atomic E-state index is 8.79. The summed E-state index contributed by atoms with van der Waals surface area (Å²) >= 11 is 0. The highest BCUT2D eigenvalue weighted by molar-refractivity contribution is 5.66. The predicted molar refractivity (Wildman–Crippen MR) is 85.8 cm³/mol. The third-order valence-electron chi connectivity index (χ3n) is 4.43. The van der Waals surface area contributed by atoms with Crippen molar-refractivity contribution in [2.24, 2.45) is 0 Å². The third kappa shape index (κ3) is 2.87. The van der Waals surface area contributed by atoms with Crippen molar-refractivity contribution >= 4 is 5.57 Å². The van der Waals surface area contributed by atoms with Gasteiger partial charge >= 0.3 is 0 Å². The van der Waals surface area contributed by atoms with E-state index < -0.39 is 12.7 Å². The number of hydrogen-bond donors (Lipinski definition) is 0. The van der Waals surface area contributed by atoms with Gasteiger partial charge in [0.25, 0.3) is 0 Å². The molecule has 20 heavy (non-hydrogen) atoms. The van der Waals surface area contributed by atoms with Gasteiger partial charge < -0.3 is 0 Å². The quantitative estimate of drug-likeness (QED) is 0.686. The average Bonchev–Trinajstić information content (AvgIpc) is 2.54. The molecule has 0 aliphatic heterocycles. The van der Waals surface area contributed by atoms with Crippen LogP contribution < -0.4 is 0 Å².